The molecule has 0 N–H and O–H groups in total. The molecular weight excluding hydrogens is 664 g/mol. The van der Waals surface area contributed by atoms with Gasteiger partial charge in [-0.05, 0) is 90.0 Å². The van der Waals surface area contributed by atoms with E-state index in [1.165, 1.54) is 43.7 Å². The molecule has 0 atom stereocenters. The lowest BCUT2D eigenvalue weighted by atomic mass is 10.0. The van der Waals surface area contributed by atoms with Gasteiger partial charge in [-0.1, -0.05) is 101 Å². The number of nitriles is 1. The highest BCUT2D eigenvalue weighted by Crippen LogP contribution is 2.38. The van der Waals surface area contributed by atoms with Crippen molar-refractivity contribution >= 4 is 65.2 Å². The molecule has 0 fully saturated rings. The normalized spacial score (nSPS) is 10.9. The van der Waals surface area contributed by atoms with Crippen molar-refractivity contribution in [3.05, 3.63) is 185 Å². The Kier molecular flexibility index (Phi) is 7.74. The molecule has 2 heterocycles. The largest absolute Gasteiger partial charge is 0.309 e. The van der Waals surface area contributed by atoms with Gasteiger partial charge in [-0.15, -0.1) is 0 Å². The fourth-order valence-corrected chi connectivity index (χ4v) is 6.90. The Morgan fingerprint density at radius 2 is 1.04 bits per heavy atom. The fourth-order valence-electron chi connectivity index (χ4n) is 6.64. The van der Waals surface area contributed by atoms with E-state index in [0.29, 0.717) is 11.3 Å². The molecule has 0 unspecified atom stereocenters. The second-order valence-corrected chi connectivity index (χ2v) is 12.7. The van der Waals surface area contributed by atoms with Crippen LogP contribution in [0.1, 0.15) is 18.4 Å². The van der Waals surface area contributed by atoms with Crippen LogP contribution in [0.4, 0.5) is 5.69 Å². The molecule has 2 aromatic heterocycles. The summed E-state index contributed by atoms with van der Waals surface area (Å²) in [6.45, 7) is 7.32. The van der Waals surface area contributed by atoms with E-state index in [0.717, 1.165) is 26.9 Å². The molecule has 0 saturated carbocycles. The van der Waals surface area contributed by atoms with Crippen molar-refractivity contribution in [1.82, 2.24) is 9.13 Å². The van der Waals surface area contributed by atoms with Crippen LogP contribution in [0.2, 0.25) is 0 Å². The SMILES string of the molecule is N#Cc1ccc(Br)cc1.[C-]#[N+]c1ccc(-n2c3ccccc3c3cc(-c4ccc5c6ccccc6n(-c6ccccc6)c5c4)ccc32)cc1.[HH].[HH].[HH].[HH].[HH].[HH].[HH].[HH].[HH]. The van der Waals surface area contributed by atoms with Gasteiger partial charge in [0, 0.05) is 50.2 Å². The van der Waals surface area contributed by atoms with Gasteiger partial charge in [0.25, 0.3) is 0 Å². The molecule has 0 spiro atoms. The number of nitrogens with zero attached hydrogens (tertiary/aromatic N) is 4. The van der Waals surface area contributed by atoms with Gasteiger partial charge in [-0.25, -0.2) is 4.85 Å². The zero-order valence-electron chi connectivity index (χ0n) is 26.3. The number of rotatable bonds is 3. The lowest BCUT2D eigenvalue weighted by Gasteiger charge is -2.10. The van der Waals surface area contributed by atoms with Gasteiger partial charge in [0.1, 0.15) is 0 Å². The van der Waals surface area contributed by atoms with E-state index >= 15 is 0 Å². The van der Waals surface area contributed by atoms with E-state index in [-0.39, 0.29) is 12.8 Å². The summed E-state index contributed by atoms with van der Waals surface area (Å²) in [5.74, 6) is 0. The summed E-state index contributed by atoms with van der Waals surface area (Å²) in [6, 6.07) is 58.5. The third kappa shape index (κ3) is 5.43. The molecule has 0 saturated heterocycles. The summed E-state index contributed by atoms with van der Waals surface area (Å²) in [6.07, 6.45) is 0. The standard InChI is InChI=1S/C37H23N3.C7H4BrN.9H2/c1-38-27-17-19-29(20-18-27)39-35-14-8-6-12-31(35)33-23-25(16-22-36(33)39)26-15-21-32-30-11-5-7-13-34(30)40(37(32)24-26)28-9-3-2-4-10-28;8-7-3-1-6(5-9)2-4-7;;;;;;;;;/h2-24H;1-4H;9*1H. The highest BCUT2D eigenvalue weighted by molar-refractivity contribution is 9.10. The average Bonchev–Trinajstić information content (AvgIpc) is 3.68. The number of halogens is 1. The fraction of sp³-hybridized carbons (Fsp3) is 0. The monoisotopic (exact) mass is 708 g/mol. The van der Waals surface area contributed by atoms with Gasteiger partial charge in [0.15, 0.2) is 5.69 Å². The maximum atomic E-state index is 8.36. The second kappa shape index (κ2) is 12.7. The van der Waals surface area contributed by atoms with Gasteiger partial charge in [-0.3, -0.25) is 0 Å². The molecule has 49 heavy (non-hydrogen) atoms. The summed E-state index contributed by atoms with van der Waals surface area (Å²) in [7, 11) is 0. The van der Waals surface area contributed by atoms with Crippen molar-refractivity contribution in [3.8, 4) is 28.6 Å². The van der Waals surface area contributed by atoms with Gasteiger partial charge >= 0.3 is 0 Å². The summed E-state index contributed by atoms with van der Waals surface area (Å²) >= 11 is 3.27. The predicted molar refractivity (Wildman–Crippen MR) is 225 cm³/mol. The van der Waals surface area contributed by atoms with Crippen LogP contribution in [0.3, 0.4) is 0 Å². The van der Waals surface area contributed by atoms with Crippen molar-refractivity contribution in [2.24, 2.45) is 0 Å². The smallest absolute Gasteiger partial charge is 0.187 e. The molecule has 0 amide bonds. The van der Waals surface area contributed by atoms with E-state index in [4.69, 9.17) is 11.8 Å². The van der Waals surface area contributed by atoms with Crippen molar-refractivity contribution < 1.29 is 12.8 Å². The maximum absolute atomic E-state index is 8.36. The van der Waals surface area contributed by atoms with E-state index in [9.17, 15) is 0 Å². The number of fused-ring (bicyclic) bond motifs is 6. The summed E-state index contributed by atoms with van der Waals surface area (Å²) in [4.78, 5) is 3.56. The van der Waals surface area contributed by atoms with Gasteiger partial charge < -0.3 is 9.13 Å². The van der Waals surface area contributed by atoms with Gasteiger partial charge in [-0.2, -0.15) is 5.26 Å². The zero-order chi connectivity index (χ0) is 33.3. The third-order valence-corrected chi connectivity index (χ3v) is 9.43. The minimum absolute atomic E-state index is 0. The second-order valence-electron chi connectivity index (χ2n) is 11.8. The number of para-hydroxylation sites is 3. The van der Waals surface area contributed by atoms with Gasteiger partial charge in [0.05, 0.1) is 40.3 Å². The summed E-state index contributed by atoms with van der Waals surface area (Å²) < 4.78 is 5.66. The number of aromatic nitrogens is 2. The van der Waals surface area contributed by atoms with Crippen molar-refractivity contribution in [3.63, 3.8) is 0 Å². The average molecular weight is 710 g/mol. The van der Waals surface area contributed by atoms with Crippen molar-refractivity contribution in [2.45, 2.75) is 0 Å². The quantitative estimate of drug-likeness (QED) is 0.168. The molecule has 0 aliphatic rings. The van der Waals surface area contributed by atoms with Crippen LogP contribution in [-0.2, 0) is 0 Å². The first-order chi connectivity index (χ1) is 24.1. The summed E-state index contributed by atoms with van der Waals surface area (Å²) in [5.41, 5.74) is 10.7. The molecule has 7 aromatic carbocycles. The molecule has 0 aliphatic heterocycles. The maximum Gasteiger partial charge on any atom is 0.187 e. The van der Waals surface area contributed by atoms with E-state index in [2.05, 4.69) is 145 Å². The first-order valence-electron chi connectivity index (χ1n) is 15.9. The third-order valence-electron chi connectivity index (χ3n) is 8.90. The molecule has 248 valence electrons. The van der Waals surface area contributed by atoms with Crippen LogP contribution >= 0.6 is 15.9 Å². The number of hydrogen-bond donors (Lipinski definition) is 0. The highest BCUT2D eigenvalue weighted by Gasteiger charge is 2.16. The minimum atomic E-state index is 0. The molecule has 9 aromatic rings. The Bertz CT molecular complexity index is 2760. The van der Waals surface area contributed by atoms with Crippen LogP contribution in [0.25, 0.3) is 71.0 Å². The zero-order valence-corrected chi connectivity index (χ0v) is 27.8. The molecule has 4 nitrogen and oxygen atoms in total. The van der Waals surface area contributed by atoms with E-state index in [1.54, 1.807) is 12.1 Å². The Labute approximate surface area is 305 Å². The van der Waals surface area contributed by atoms with Crippen LogP contribution in [0.5, 0.6) is 0 Å². The lowest BCUT2D eigenvalue weighted by Crippen LogP contribution is -1.93. The van der Waals surface area contributed by atoms with Crippen LogP contribution in [0.15, 0.2) is 168 Å². The molecular formula is C44H45BrN4. The van der Waals surface area contributed by atoms with Gasteiger partial charge in [0.2, 0.25) is 0 Å². The van der Waals surface area contributed by atoms with E-state index < -0.39 is 0 Å². The Balaban J connectivity index is 0. The minimum Gasteiger partial charge on any atom is -0.309 e. The predicted octanol–water partition coefficient (Wildman–Crippen LogP) is 14.6. The topological polar surface area (TPSA) is 38.0 Å². The molecule has 5 heteroatoms. The lowest BCUT2D eigenvalue weighted by molar-refractivity contribution is 1.18. The molecule has 0 aliphatic carbocycles. The van der Waals surface area contributed by atoms with Crippen LogP contribution < -0.4 is 0 Å². The Hall–Kier alpha value is -6.40. The Morgan fingerprint density at radius 3 is 1.71 bits per heavy atom. The Morgan fingerprint density at radius 1 is 0.510 bits per heavy atom. The number of hydrogen-bond acceptors (Lipinski definition) is 1. The van der Waals surface area contributed by atoms with Crippen LogP contribution in [-0.4, -0.2) is 9.13 Å². The molecule has 9 rings (SSSR count). The molecule has 0 radical (unpaired) electrons. The number of benzene rings is 7. The first kappa shape index (κ1) is 30.0. The van der Waals surface area contributed by atoms with Crippen LogP contribution in [0, 0.1) is 17.9 Å². The molecule has 0 bridgehead atoms. The first-order valence-corrected chi connectivity index (χ1v) is 16.7. The highest BCUT2D eigenvalue weighted by atomic mass is 79.9. The van der Waals surface area contributed by atoms with E-state index in [1.807, 2.05) is 42.5 Å². The van der Waals surface area contributed by atoms with Crippen molar-refractivity contribution in [1.29, 1.82) is 5.26 Å². The van der Waals surface area contributed by atoms with Crippen molar-refractivity contribution in [2.75, 3.05) is 0 Å². The summed E-state index contributed by atoms with van der Waals surface area (Å²) in [5, 5.41) is 13.3.